The Balaban J connectivity index is 0.000000169. The summed E-state index contributed by atoms with van der Waals surface area (Å²) in [6, 6.07) is 170. The molecular formula is C119H98N4O2. The zero-order valence-electron chi connectivity index (χ0n) is 69.6. The van der Waals surface area contributed by atoms with Gasteiger partial charge >= 0.3 is 0 Å². The van der Waals surface area contributed by atoms with E-state index in [1.54, 1.807) is 0 Å². The highest BCUT2D eigenvalue weighted by molar-refractivity contribution is 5.95. The maximum Gasteiger partial charge on any atom is 0.119 e. The number of benzene rings is 18. The third-order valence-corrected chi connectivity index (χ3v) is 24.5. The molecule has 1 unspecified atom stereocenters. The molecule has 6 heteroatoms. The lowest BCUT2D eigenvalue weighted by Crippen LogP contribution is -2.29. The molecule has 2 aliphatic rings. The van der Waals surface area contributed by atoms with E-state index in [-0.39, 0.29) is 7.43 Å². The van der Waals surface area contributed by atoms with E-state index in [9.17, 15) is 0 Å². The maximum absolute atomic E-state index is 6.50. The van der Waals surface area contributed by atoms with E-state index in [0.29, 0.717) is 19.1 Å². The molecule has 0 amide bonds. The molecule has 0 radical (unpaired) electrons. The standard InChI is InChI=1S/C60H50N2O.C58H44N2O.CH4/c1-3-44(2)46-31-29-45(30-32-46)43-63-55-37-33-48(34-38-55)60(47-19-9-4-10-20-47)58-41-53(61(49-21-11-5-12-22-49)50-23-13-6-14-24-50)35-39-56(58)57-40-36-54(42-59(57)60)62(51-25-15-7-16-26-51)52-27-17-8-18-28-52;1-2-43-28-30-44(31-29-43)42-61-53-36-32-46(33-37-53)58(45-18-8-3-9-19-45)56-40-51(59(47-20-10-4-11-21-47)48-22-12-5-13-23-48)34-38-54(56)55-39-35-52(41-57(55)58)60(49-24-14-6-15-25-49)50-26-16-7-17-27-50;/h4-42,44H,3,43H2,1-2H3;2-41H,1,42H2;1H4. The van der Waals surface area contributed by atoms with Crippen LogP contribution in [0.2, 0.25) is 0 Å². The molecule has 20 rings (SSSR count). The van der Waals surface area contributed by atoms with Crippen LogP contribution in [-0.4, -0.2) is 0 Å². The van der Waals surface area contributed by atoms with E-state index in [1.165, 1.54) is 66.8 Å². The predicted octanol–water partition coefficient (Wildman–Crippen LogP) is 31.9. The van der Waals surface area contributed by atoms with Crippen LogP contribution in [-0.2, 0) is 24.0 Å². The predicted molar refractivity (Wildman–Crippen MR) is 523 cm³/mol. The normalized spacial score (nSPS) is 12.4. The van der Waals surface area contributed by atoms with Crippen LogP contribution in [0.3, 0.4) is 0 Å². The Morgan fingerprint density at radius 1 is 0.256 bits per heavy atom. The van der Waals surface area contributed by atoms with E-state index in [1.807, 2.05) is 6.08 Å². The highest BCUT2D eigenvalue weighted by atomic mass is 16.5. The van der Waals surface area contributed by atoms with Crippen molar-refractivity contribution in [3.8, 4) is 33.8 Å². The van der Waals surface area contributed by atoms with Gasteiger partial charge in [0.15, 0.2) is 0 Å². The van der Waals surface area contributed by atoms with E-state index >= 15 is 0 Å². The first-order valence-electron chi connectivity index (χ1n) is 42.9. The fourth-order valence-electron chi connectivity index (χ4n) is 18.4. The first-order chi connectivity index (χ1) is 61.3. The number of ether oxygens (including phenoxy) is 2. The Hall–Kier alpha value is -15.5. The van der Waals surface area contributed by atoms with Gasteiger partial charge in [-0.15, -0.1) is 0 Å². The highest BCUT2D eigenvalue weighted by Gasteiger charge is 2.49. The Morgan fingerprint density at radius 2 is 0.480 bits per heavy atom. The zero-order chi connectivity index (χ0) is 83.6. The number of hydrogen-bond acceptors (Lipinski definition) is 6. The third kappa shape index (κ3) is 15.9. The van der Waals surface area contributed by atoms with Crippen molar-refractivity contribution in [2.45, 2.75) is 57.7 Å². The lowest BCUT2D eigenvalue weighted by molar-refractivity contribution is 0.306. The van der Waals surface area contributed by atoms with Gasteiger partial charge in [0.05, 0.1) is 10.8 Å². The minimum absolute atomic E-state index is 0. The molecule has 125 heavy (non-hydrogen) atoms. The molecular weight excluding hydrogens is 1520 g/mol. The quantitative estimate of drug-likeness (QED) is 0.0567. The van der Waals surface area contributed by atoms with Crippen LogP contribution in [0.4, 0.5) is 68.2 Å². The van der Waals surface area contributed by atoms with Crippen LogP contribution in [0, 0.1) is 0 Å². The minimum atomic E-state index is -0.685. The Labute approximate surface area is 736 Å². The first-order valence-corrected chi connectivity index (χ1v) is 42.9. The lowest BCUT2D eigenvalue weighted by atomic mass is 9.67. The molecule has 18 aromatic carbocycles. The van der Waals surface area contributed by atoms with E-state index in [0.717, 1.165) is 108 Å². The monoisotopic (exact) mass is 1610 g/mol. The number of hydrogen-bond donors (Lipinski definition) is 0. The number of nitrogens with zero attached hydrogens (tertiary/aromatic N) is 4. The first kappa shape index (κ1) is 80.6. The van der Waals surface area contributed by atoms with Crippen LogP contribution in [0.15, 0.2) is 480 Å². The number of rotatable bonds is 25. The summed E-state index contributed by atoms with van der Waals surface area (Å²) in [5.41, 5.74) is 31.0. The highest BCUT2D eigenvalue weighted by Crippen LogP contribution is 2.61. The number of fused-ring (bicyclic) bond motifs is 6. The van der Waals surface area contributed by atoms with Crippen molar-refractivity contribution in [2.75, 3.05) is 19.6 Å². The van der Waals surface area contributed by atoms with Gasteiger partial charge in [-0.3, -0.25) is 0 Å². The van der Waals surface area contributed by atoms with Gasteiger partial charge in [-0.25, -0.2) is 0 Å². The maximum atomic E-state index is 6.50. The molecule has 606 valence electrons. The Kier molecular flexibility index (Phi) is 23.5. The average Bonchev–Trinajstić information content (AvgIpc) is 1.54. The molecule has 0 N–H and O–H groups in total. The van der Waals surface area contributed by atoms with Gasteiger partial charge in [0.1, 0.15) is 24.7 Å². The second-order valence-electron chi connectivity index (χ2n) is 31.8. The summed E-state index contributed by atoms with van der Waals surface area (Å²) in [5, 5.41) is 0. The van der Waals surface area contributed by atoms with Gasteiger partial charge in [0.2, 0.25) is 0 Å². The molecule has 0 saturated carbocycles. The molecule has 1 atom stereocenters. The Morgan fingerprint density at radius 3 is 0.712 bits per heavy atom. The largest absolute Gasteiger partial charge is 0.489 e. The second kappa shape index (κ2) is 36.4. The van der Waals surface area contributed by atoms with Crippen molar-refractivity contribution in [1.82, 2.24) is 0 Å². The van der Waals surface area contributed by atoms with Crippen molar-refractivity contribution in [1.29, 1.82) is 0 Å². The smallest absolute Gasteiger partial charge is 0.119 e. The molecule has 0 aliphatic heterocycles. The topological polar surface area (TPSA) is 31.4 Å². The molecule has 18 aromatic rings. The van der Waals surface area contributed by atoms with Gasteiger partial charge < -0.3 is 29.1 Å². The average molecular weight is 1620 g/mol. The summed E-state index contributed by atoms with van der Waals surface area (Å²) in [7, 11) is 0. The van der Waals surface area contributed by atoms with Crippen molar-refractivity contribution in [3.63, 3.8) is 0 Å². The van der Waals surface area contributed by atoms with Crippen molar-refractivity contribution < 1.29 is 9.47 Å². The molecule has 2 aliphatic carbocycles. The molecule has 6 nitrogen and oxygen atoms in total. The van der Waals surface area contributed by atoms with E-state index in [2.05, 4.69) is 513 Å². The van der Waals surface area contributed by atoms with Gasteiger partial charge in [0, 0.05) is 68.2 Å². The van der Waals surface area contributed by atoms with E-state index < -0.39 is 10.8 Å². The van der Waals surface area contributed by atoms with Gasteiger partial charge in [-0.1, -0.05) is 337 Å². The summed E-state index contributed by atoms with van der Waals surface area (Å²) in [4.78, 5) is 9.44. The molecule has 0 fully saturated rings. The van der Waals surface area contributed by atoms with E-state index in [4.69, 9.17) is 9.47 Å². The Bertz CT molecular complexity index is 6210. The van der Waals surface area contributed by atoms with Crippen molar-refractivity contribution in [3.05, 3.63) is 547 Å². The van der Waals surface area contributed by atoms with Crippen LogP contribution in [0.25, 0.3) is 28.3 Å². The zero-order valence-corrected chi connectivity index (χ0v) is 69.6. The van der Waals surface area contributed by atoms with Crippen LogP contribution < -0.4 is 29.1 Å². The summed E-state index contributed by atoms with van der Waals surface area (Å²) >= 11 is 0. The number of para-hydroxylation sites is 8. The summed E-state index contributed by atoms with van der Waals surface area (Å²) in [6.45, 7) is 9.40. The lowest BCUT2D eigenvalue weighted by Gasteiger charge is -2.35. The molecule has 0 aromatic heterocycles. The van der Waals surface area contributed by atoms with Crippen LogP contribution in [0.1, 0.15) is 100 Å². The molecule has 0 spiro atoms. The minimum Gasteiger partial charge on any atom is -0.489 e. The fourth-order valence-corrected chi connectivity index (χ4v) is 18.4. The number of anilines is 12. The molecule has 0 bridgehead atoms. The van der Waals surface area contributed by atoms with Gasteiger partial charge in [0.25, 0.3) is 0 Å². The molecule has 0 heterocycles. The fraction of sp³-hybridized carbons (Fsp3) is 0.0756. The molecule has 0 saturated heterocycles. The second-order valence-corrected chi connectivity index (χ2v) is 31.8. The summed E-state index contributed by atoms with van der Waals surface area (Å²) < 4.78 is 12.9. The third-order valence-electron chi connectivity index (χ3n) is 24.5. The van der Waals surface area contributed by atoms with Crippen molar-refractivity contribution in [2.24, 2.45) is 0 Å². The summed E-state index contributed by atoms with van der Waals surface area (Å²) in [6.07, 6.45) is 2.99. The van der Waals surface area contributed by atoms with Gasteiger partial charge in [-0.05, 0) is 271 Å². The SMILES string of the molecule is C.C=Cc1ccc(COc2ccc(C3(c4ccccc4)c4cc(N(c5ccccc5)c5ccccc5)ccc4-c4ccc(N(c5ccccc5)c5ccccc5)cc43)cc2)cc1.CCC(C)c1ccc(COc2ccc(C3(c4ccccc4)c4cc(N(c5ccccc5)c5ccccc5)ccc4-c4ccc(N(c5ccccc5)c5ccccc5)cc43)cc2)cc1. The van der Waals surface area contributed by atoms with Crippen LogP contribution in [0.5, 0.6) is 11.5 Å². The summed E-state index contributed by atoms with van der Waals surface area (Å²) in [5.74, 6) is 2.20. The van der Waals surface area contributed by atoms with Gasteiger partial charge in [-0.2, -0.15) is 0 Å². The van der Waals surface area contributed by atoms with Crippen molar-refractivity contribution >= 4 is 74.3 Å². The van der Waals surface area contributed by atoms with Crippen LogP contribution >= 0.6 is 0 Å².